The Balaban J connectivity index is 1.87. The first kappa shape index (κ1) is 24.6. The standard InChI is InChI=1S/C23H29N3O6/c1-15-13-18(16(2)26(15)25-21(29)17-9-7-6-8-10-17)19(27)14-31-20(28)11-12-24-22(30)32-23(3,4)5/h6-10,13H,11-12,14H2,1-5H3,(H,24,30)(H,25,29). The number of aryl methyl sites for hydroxylation is 1. The lowest BCUT2D eigenvalue weighted by atomic mass is 10.1. The smallest absolute Gasteiger partial charge is 0.407 e. The number of carbonyl (C=O) groups excluding carboxylic acids is 4. The maximum Gasteiger partial charge on any atom is 0.407 e. The van der Waals surface area contributed by atoms with Crippen molar-refractivity contribution in [2.45, 2.75) is 46.6 Å². The molecule has 0 atom stereocenters. The van der Waals surface area contributed by atoms with Crippen molar-refractivity contribution in [2.24, 2.45) is 0 Å². The highest BCUT2D eigenvalue weighted by Crippen LogP contribution is 2.15. The van der Waals surface area contributed by atoms with Crippen molar-refractivity contribution in [3.05, 3.63) is 58.9 Å². The van der Waals surface area contributed by atoms with Gasteiger partial charge in [-0.05, 0) is 52.8 Å². The second-order valence-corrected chi connectivity index (χ2v) is 8.19. The summed E-state index contributed by atoms with van der Waals surface area (Å²) in [7, 11) is 0. The van der Waals surface area contributed by atoms with Crippen molar-refractivity contribution in [1.82, 2.24) is 9.99 Å². The molecule has 0 spiro atoms. The van der Waals surface area contributed by atoms with E-state index in [0.717, 1.165) is 0 Å². The predicted octanol–water partition coefficient (Wildman–Crippen LogP) is 3.13. The number of hydrogen-bond acceptors (Lipinski definition) is 6. The second kappa shape index (κ2) is 10.6. The van der Waals surface area contributed by atoms with Gasteiger partial charge in [-0.25, -0.2) is 4.79 Å². The molecule has 0 bridgehead atoms. The Labute approximate surface area is 187 Å². The van der Waals surface area contributed by atoms with Crippen LogP contribution < -0.4 is 10.7 Å². The van der Waals surface area contributed by atoms with Crippen LogP contribution in [0.3, 0.4) is 0 Å². The number of nitrogens with one attached hydrogen (secondary N) is 2. The maximum atomic E-state index is 12.5. The van der Waals surface area contributed by atoms with Crippen LogP contribution in [-0.4, -0.2) is 47.2 Å². The molecule has 0 radical (unpaired) electrons. The highest BCUT2D eigenvalue weighted by Gasteiger charge is 2.19. The maximum absolute atomic E-state index is 12.5. The molecule has 9 heteroatoms. The van der Waals surface area contributed by atoms with Gasteiger partial charge in [-0.1, -0.05) is 18.2 Å². The van der Waals surface area contributed by atoms with Gasteiger partial charge in [-0.3, -0.25) is 24.5 Å². The molecule has 0 fully saturated rings. The van der Waals surface area contributed by atoms with E-state index < -0.39 is 30.1 Å². The first-order valence-electron chi connectivity index (χ1n) is 10.2. The van der Waals surface area contributed by atoms with Crippen molar-refractivity contribution in [3.8, 4) is 0 Å². The number of nitrogens with zero attached hydrogens (tertiary/aromatic N) is 1. The zero-order valence-corrected chi connectivity index (χ0v) is 19.0. The highest BCUT2D eigenvalue weighted by molar-refractivity contribution is 6.01. The monoisotopic (exact) mass is 443 g/mol. The van der Waals surface area contributed by atoms with Crippen LogP contribution in [0.15, 0.2) is 36.4 Å². The molecule has 1 aromatic heterocycles. The van der Waals surface area contributed by atoms with Gasteiger partial charge >= 0.3 is 12.1 Å². The zero-order valence-electron chi connectivity index (χ0n) is 19.0. The van der Waals surface area contributed by atoms with Crippen LogP contribution in [-0.2, 0) is 14.3 Å². The van der Waals surface area contributed by atoms with Gasteiger partial charge in [0, 0.05) is 29.1 Å². The first-order valence-corrected chi connectivity index (χ1v) is 10.2. The minimum Gasteiger partial charge on any atom is -0.457 e. The molecule has 2 rings (SSSR count). The third kappa shape index (κ3) is 7.26. The number of carbonyl (C=O) groups is 4. The van der Waals surface area contributed by atoms with Gasteiger partial charge in [0.15, 0.2) is 6.61 Å². The Morgan fingerprint density at radius 1 is 1.03 bits per heavy atom. The molecule has 0 aliphatic heterocycles. The van der Waals surface area contributed by atoms with E-state index in [0.29, 0.717) is 22.5 Å². The van der Waals surface area contributed by atoms with Crippen molar-refractivity contribution >= 4 is 23.8 Å². The number of amides is 2. The first-order chi connectivity index (χ1) is 15.0. The van der Waals surface area contributed by atoms with E-state index in [1.165, 1.54) is 4.68 Å². The van der Waals surface area contributed by atoms with Crippen LogP contribution in [0.4, 0.5) is 4.79 Å². The Hall–Kier alpha value is -3.62. The Kier molecular flexibility index (Phi) is 8.17. The average Bonchev–Trinajstić information content (AvgIpc) is 2.99. The number of alkyl carbamates (subject to hydrolysis) is 1. The summed E-state index contributed by atoms with van der Waals surface area (Å²) in [6.07, 6.45) is -0.732. The lowest BCUT2D eigenvalue weighted by molar-refractivity contribution is -0.142. The largest absolute Gasteiger partial charge is 0.457 e. The third-order valence-electron chi connectivity index (χ3n) is 4.34. The predicted molar refractivity (Wildman–Crippen MR) is 118 cm³/mol. The highest BCUT2D eigenvalue weighted by atomic mass is 16.6. The molecule has 2 amide bonds. The number of Topliss-reactive ketones (excluding diaryl/α,β-unsaturated/α-hetero) is 1. The van der Waals surface area contributed by atoms with Crippen molar-refractivity contribution in [3.63, 3.8) is 0 Å². The summed E-state index contributed by atoms with van der Waals surface area (Å²) < 4.78 is 11.6. The molecule has 0 saturated heterocycles. The molecule has 0 aliphatic rings. The van der Waals surface area contributed by atoms with Crippen molar-refractivity contribution in [1.29, 1.82) is 0 Å². The van der Waals surface area contributed by atoms with Gasteiger partial charge in [-0.2, -0.15) is 0 Å². The number of aromatic nitrogens is 1. The summed E-state index contributed by atoms with van der Waals surface area (Å²) in [6.45, 7) is 8.23. The number of benzene rings is 1. The van der Waals surface area contributed by atoms with Crippen LogP contribution in [0.25, 0.3) is 0 Å². The zero-order chi connectivity index (χ0) is 23.9. The number of ether oxygens (including phenoxy) is 2. The fourth-order valence-electron chi connectivity index (χ4n) is 2.85. The van der Waals surface area contributed by atoms with E-state index in [-0.39, 0.29) is 18.9 Å². The molecule has 0 unspecified atom stereocenters. The molecular formula is C23H29N3O6. The molecular weight excluding hydrogens is 414 g/mol. The average molecular weight is 444 g/mol. The van der Waals surface area contributed by atoms with Crippen molar-refractivity contribution in [2.75, 3.05) is 18.6 Å². The fraction of sp³-hybridized carbons (Fsp3) is 0.391. The van der Waals surface area contributed by atoms with E-state index in [1.54, 1.807) is 65.0 Å². The lowest BCUT2D eigenvalue weighted by Crippen LogP contribution is -2.33. The van der Waals surface area contributed by atoms with E-state index in [2.05, 4.69) is 10.7 Å². The van der Waals surface area contributed by atoms with Crippen LogP contribution in [0, 0.1) is 13.8 Å². The number of ketones is 1. The Morgan fingerprint density at radius 2 is 1.69 bits per heavy atom. The molecule has 172 valence electrons. The molecule has 0 saturated carbocycles. The van der Waals surface area contributed by atoms with Crippen molar-refractivity contribution < 1.29 is 28.7 Å². The quantitative estimate of drug-likeness (QED) is 0.478. The Morgan fingerprint density at radius 3 is 2.31 bits per heavy atom. The molecule has 32 heavy (non-hydrogen) atoms. The summed E-state index contributed by atoms with van der Waals surface area (Å²) in [5.74, 6) is -1.33. The fourth-order valence-corrected chi connectivity index (χ4v) is 2.85. The molecule has 1 aromatic carbocycles. The van der Waals surface area contributed by atoms with Gasteiger partial charge < -0.3 is 14.8 Å². The van der Waals surface area contributed by atoms with Gasteiger partial charge in [0.2, 0.25) is 5.78 Å². The number of esters is 1. The van der Waals surface area contributed by atoms with E-state index in [9.17, 15) is 19.2 Å². The second-order valence-electron chi connectivity index (χ2n) is 8.19. The van der Waals surface area contributed by atoms with Gasteiger partial charge in [0.05, 0.1) is 6.42 Å². The normalized spacial score (nSPS) is 10.9. The van der Waals surface area contributed by atoms with Crippen LogP contribution in [0.1, 0.15) is 59.3 Å². The molecule has 9 nitrogen and oxygen atoms in total. The molecule has 2 N–H and O–H groups in total. The topological polar surface area (TPSA) is 116 Å². The van der Waals surface area contributed by atoms with Crippen LogP contribution >= 0.6 is 0 Å². The molecule has 2 aromatic rings. The summed E-state index contributed by atoms with van der Waals surface area (Å²) in [5.41, 5.74) is 4.13. The SMILES string of the molecule is Cc1cc(C(=O)COC(=O)CCNC(=O)OC(C)(C)C)c(C)n1NC(=O)c1ccccc1. The minimum absolute atomic E-state index is 0.0297. The minimum atomic E-state index is -0.635. The summed E-state index contributed by atoms with van der Waals surface area (Å²) in [4.78, 5) is 48.4. The van der Waals surface area contributed by atoms with Crippen LogP contribution in [0.5, 0.6) is 0 Å². The summed E-state index contributed by atoms with van der Waals surface area (Å²) in [6, 6.07) is 10.3. The summed E-state index contributed by atoms with van der Waals surface area (Å²) >= 11 is 0. The van der Waals surface area contributed by atoms with Gasteiger partial charge in [0.1, 0.15) is 5.60 Å². The molecule has 0 aliphatic carbocycles. The third-order valence-corrected chi connectivity index (χ3v) is 4.34. The van der Waals surface area contributed by atoms with Gasteiger partial charge in [-0.15, -0.1) is 0 Å². The number of hydrogen-bond donors (Lipinski definition) is 2. The van der Waals surface area contributed by atoms with E-state index >= 15 is 0 Å². The Bertz CT molecular complexity index is 989. The van der Waals surface area contributed by atoms with E-state index in [1.807, 2.05) is 6.07 Å². The van der Waals surface area contributed by atoms with Crippen LogP contribution in [0.2, 0.25) is 0 Å². The summed E-state index contributed by atoms with van der Waals surface area (Å²) in [5, 5.41) is 2.45. The lowest BCUT2D eigenvalue weighted by Gasteiger charge is -2.19. The van der Waals surface area contributed by atoms with E-state index in [4.69, 9.17) is 9.47 Å². The number of rotatable bonds is 8. The van der Waals surface area contributed by atoms with Gasteiger partial charge in [0.25, 0.3) is 5.91 Å². The molecule has 1 heterocycles.